The van der Waals surface area contributed by atoms with Crippen LogP contribution < -0.4 is 10.6 Å². The van der Waals surface area contributed by atoms with Crippen molar-refractivity contribution in [1.29, 1.82) is 5.26 Å². The number of nitriles is 1. The molecule has 1 aromatic heterocycles. The van der Waals surface area contributed by atoms with E-state index in [-0.39, 0.29) is 0 Å². The Kier molecular flexibility index (Phi) is 5.03. The van der Waals surface area contributed by atoms with E-state index in [1.807, 2.05) is 0 Å². The molecular weight excluding hydrogens is 280 g/mol. The molecule has 0 spiro atoms. The van der Waals surface area contributed by atoms with Gasteiger partial charge in [-0.05, 0) is 32.1 Å². The molecule has 0 amide bonds. The molecule has 2 rings (SSSR count). The van der Waals surface area contributed by atoms with Gasteiger partial charge >= 0.3 is 0 Å². The molecule has 1 fully saturated rings. The lowest BCUT2D eigenvalue weighted by Crippen LogP contribution is -2.41. The Hall–Kier alpha value is -0.830. The minimum atomic E-state index is 0.330. The number of rotatable bonds is 4. The van der Waals surface area contributed by atoms with Crippen LogP contribution in [0.4, 0.5) is 5.13 Å². The zero-order valence-electron chi connectivity index (χ0n) is 11.1. The maximum Gasteiger partial charge on any atom is 0.188 e. The third-order valence-corrected chi connectivity index (χ3v) is 4.95. The van der Waals surface area contributed by atoms with Crippen molar-refractivity contribution < 1.29 is 0 Å². The number of nitrogens with zero attached hydrogens (tertiary/aromatic N) is 3. The molecule has 4 nitrogen and oxygen atoms in total. The molecule has 0 bridgehead atoms. The SMILES string of the molecule is CCCN(c1nc(Cl)c(C#N)s1)C1CCC(N)CC1. The molecule has 0 saturated heterocycles. The van der Waals surface area contributed by atoms with Gasteiger partial charge in [0.15, 0.2) is 10.3 Å². The summed E-state index contributed by atoms with van der Waals surface area (Å²) < 4.78 is 0. The molecule has 19 heavy (non-hydrogen) atoms. The first-order valence-electron chi connectivity index (χ1n) is 6.74. The van der Waals surface area contributed by atoms with Crippen molar-refractivity contribution in [3.05, 3.63) is 10.0 Å². The largest absolute Gasteiger partial charge is 0.345 e. The third-order valence-electron chi connectivity index (χ3n) is 3.57. The van der Waals surface area contributed by atoms with Crippen molar-refractivity contribution in [2.45, 2.75) is 51.1 Å². The van der Waals surface area contributed by atoms with E-state index in [0.29, 0.717) is 22.1 Å². The Balaban J connectivity index is 2.17. The molecule has 2 N–H and O–H groups in total. The summed E-state index contributed by atoms with van der Waals surface area (Å²) in [5.74, 6) is 0. The van der Waals surface area contributed by atoms with E-state index < -0.39 is 0 Å². The van der Waals surface area contributed by atoms with Gasteiger partial charge in [-0.3, -0.25) is 0 Å². The Labute approximate surface area is 123 Å². The van der Waals surface area contributed by atoms with Gasteiger partial charge in [-0.25, -0.2) is 4.98 Å². The Morgan fingerprint density at radius 1 is 1.47 bits per heavy atom. The number of aromatic nitrogens is 1. The van der Waals surface area contributed by atoms with Crippen molar-refractivity contribution in [2.75, 3.05) is 11.4 Å². The number of thiazole rings is 1. The molecule has 1 saturated carbocycles. The highest BCUT2D eigenvalue weighted by atomic mass is 35.5. The summed E-state index contributed by atoms with van der Waals surface area (Å²) in [4.78, 5) is 7.16. The zero-order chi connectivity index (χ0) is 13.8. The fourth-order valence-corrected chi connectivity index (χ4v) is 3.71. The average molecular weight is 299 g/mol. The van der Waals surface area contributed by atoms with Crippen LogP contribution in [0.5, 0.6) is 0 Å². The van der Waals surface area contributed by atoms with Gasteiger partial charge < -0.3 is 10.6 Å². The van der Waals surface area contributed by atoms with Gasteiger partial charge in [0.1, 0.15) is 10.9 Å². The molecule has 6 heteroatoms. The van der Waals surface area contributed by atoms with Crippen molar-refractivity contribution in [3.63, 3.8) is 0 Å². The van der Waals surface area contributed by atoms with Gasteiger partial charge in [-0.1, -0.05) is 29.9 Å². The van der Waals surface area contributed by atoms with Gasteiger partial charge in [-0.15, -0.1) is 0 Å². The van der Waals surface area contributed by atoms with Crippen LogP contribution in [0.25, 0.3) is 0 Å². The van der Waals surface area contributed by atoms with Crippen molar-refractivity contribution in [1.82, 2.24) is 4.98 Å². The van der Waals surface area contributed by atoms with Gasteiger partial charge in [0, 0.05) is 18.6 Å². The average Bonchev–Trinajstić information content (AvgIpc) is 2.78. The van der Waals surface area contributed by atoms with Crippen LogP contribution >= 0.6 is 22.9 Å². The molecule has 0 aromatic carbocycles. The van der Waals surface area contributed by atoms with Crippen LogP contribution in [-0.4, -0.2) is 23.6 Å². The summed E-state index contributed by atoms with van der Waals surface area (Å²) in [6, 6.07) is 2.92. The lowest BCUT2D eigenvalue weighted by atomic mass is 9.91. The van der Waals surface area contributed by atoms with E-state index >= 15 is 0 Å². The van der Waals surface area contributed by atoms with Crippen LogP contribution in [0.1, 0.15) is 43.9 Å². The summed E-state index contributed by atoms with van der Waals surface area (Å²) in [5, 5.41) is 10.2. The predicted molar refractivity (Wildman–Crippen MR) is 79.7 cm³/mol. The monoisotopic (exact) mass is 298 g/mol. The van der Waals surface area contributed by atoms with E-state index in [1.54, 1.807) is 0 Å². The smallest absolute Gasteiger partial charge is 0.188 e. The highest BCUT2D eigenvalue weighted by Gasteiger charge is 2.26. The Morgan fingerprint density at radius 2 is 2.16 bits per heavy atom. The molecule has 0 radical (unpaired) electrons. The third kappa shape index (κ3) is 3.38. The molecule has 1 aliphatic rings. The number of nitrogens with two attached hydrogens (primary N) is 1. The van der Waals surface area contributed by atoms with Crippen LogP contribution in [0.15, 0.2) is 0 Å². The topological polar surface area (TPSA) is 65.9 Å². The van der Waals surface area contributed by atoms with Crippen LogP contribution in [0.2, 0.25) is 5.15 Å². The van der Waals surface area contributed by atoms with Gasteiger partial charge in [0.2, 0.25) is 0 Å². The highest BCUT2D eigenvalue weighted by molar-refractivity contribution is 7.16. The van der Waals surface area contributed by atoms with Crippen LogP contribution in [0.3, 0.4) is 0 Å². The standard InChI is InChI=1S/C13H19ClN4S/c1-2-7-18(10-5-3-9(16)4-6-10)13-17-12(14)11(8-15)19-13/h9-10H,2-7,16H2,1H3. The molecule has 1 aromatic rings. The Morgan fingerprint density at radius 3 is 2.68 bits per heavy atom. The normalized spacial score (nSPS) is 23.1. The van der Waals surface area contributed by atoms with Crippen molar-refractivity contribution in [3.8, 4) is 6.07 Å². The maximum atomic E-state index is 8.99. The molecule has 1 aliphatic carbocycles. The number of hydrogen-bond donors (Lipinski definition) is 1. The van der Waals surface area contributed by atoms with Crippen molar-refractivity contribution >= 4 is 28.1 Å². The summed E-state index contributed by atoms with van der Waals surface area (Å²) in [5.41, 5.74) is 5.96. The van der Waals surface area contributed by atoms with E-state index in [1.165, 1.54) is 11.3 Å². The second-order valence-corrected chi connectivity index (χ2v) is 6.33. The maximum absolute atomic E-state index is 8.99. The first-order chi connectivity index (χ1) is 9.15. The van der Waals surface area contributed by atoms with E-state index in [2.05, 4.69) is 22.9 Å². The van der Waals surface area contributed by atoms with Gasteiger partial charge in [0.05, 0.1) is 0 Å². The van der Waals surface area contributed by atoms with Crippen LogP contribution in [-0.2, 0) is 0 Å². The van der Waals surface area contributed by atoms with Gasteiger partial charge in [-0.2, -0.15) is 5.26 Å². The molecule has 0 unspecified atom stereocenters. The number of hydrogen-bond acceptors (Lipinski definition) is 5. The fourth-order valence-electron chi connectivity index (χ4n) is 2.57. The quantitative estimate of drug-likeness (QED) is 0.927. The molecular formula is C13H19ClN4S. The molecule has 1 heterocycles. The second kappa shape index (κ2) is 6.56. The highest BCUT2D eigenvalue weighted by Crippen LogP contribution is 2.33. The molecule has 104 valence electrons. The summed E-state index contributed by atoms with van der Waals surface area (Å²) in [7, 11) is 0. The summed E-state index contributed by atoms with van der Waals surface area (Å²) >= 11 is 7.37. The lowest BCUT2D eigenvalue weighted by Gasteiger charge is -2.35. The predicted octanol–water partition coefficient (Wildman–Crippen LogP) is 3.15. The van der Waals surface area contributed by atoms with E-state index in [0.717, 1.165) is 43.8 Å². The van der Waals surface area contributed by atoms with Crippen LogP contribution in [0, 0.1) is 11.3 Å². The molecule has 0 aliphatic heterocycles. The summed E-state index contributed by atoms with van der Waals surface area (Å²) in [6.07, 6.45) is 5.38. The number of halogens is 1. The Bertz CT molecular complexity index is 460. The second-order valence-electron chi connectivity index (χ2n) is 4.99. The zero-order valence-corrected chi connectivity index (χ0v) is 12.7. The first-order valence-corrected chi connectivity index (χ1v) is 7.93. The van der Waals surface area contributed by atoms with Gasteiger partial charge in [0.25, 0.3) is 0 Å². The van der Waals surface area contributed by atoms with E-state index in [4.69, 9.17) is 22.6 Å². The minimum Gasteiger partial charge on any atom is -0.345 e. The first kappa shape index (κ1) is 14.6. The lowest BCUT2D eigenvalue weighted by molar-refractivity contribution is 0.375. The molecule has 0 atom stereocenters. The van der Waals surface area contributed by atoms with Crippen molar-refractivity contribution in [2.24, 2.45) is 5.73 Å². The minimum absolute atomic E-state index is 0.330. The number of anilines is 1. The van der Waals surface area contributed by atoms with E-state index in [9.17, 15) is 0 Å². The fraction of sp³-hybridized carbons (Fsp3) is 0.692. The summed E-state index contributed by atoms with van der Waals surface area (Å²) in [6.45, 7) is 3.11.